The van der Waals surface area contributed by atoms with Crippen LogP contribution in [0.2, 0.25) is 0 Å². The summed E-state index contributed by atoms with van der Waals surface area (Å²) >= 11 is 0. The van der Waals surface area contributed by atoms with Gasteiger partial charge in [-0.25, -0.2) is 0 Å². The molecule has 2 rings (SSSR count). The van der Waals surface area contributed by atoms with Crippen LogP contribution in [0.25, 0.3) is 0 Å². The van der Waals surface area contributed by atoms with Gasteiger partial charge in [-0.1, -0.05) is 31.4 Å². The van der Waals surface area contributed by atoms with Crippen molar-refractivity contribution in [3.05, 3.63) is 23.8 Å². The SMILES string of the molecule is COc1cccc(CN[C@H](C)C2CCCCC2)c1O. The number of nitrogens with one attached hydrogen (secondary N) is 1. The third kappa shape index (κ3) is 3.63. The van der Waals surface area contributed by atoms with Crippen molar-refractivity contribution in [2.45, 2.75) is 51.6 Å². The van der Waals surface area contributed by atoms with E-state index in [1.54, 1.807) is 13.2 Å². The number of hydrogen-bond acceptors (Lipinski definition) is 3. The highest BCUT2D eigenvalue weighted by molar-refractivity contribution is 5.45. The molecule has 1 saturated carbocycles. The molecular weight excluding hydrogens is 238 g/mol. The number of hydrogen-bond donors (Lipinski definition) is 2. The van der Waals surface area contributed by atoms with Gasteiger partial charge >= 0.3 is 0 Å². The fourth-order valence-corrected chi connectivity index (χ4v) is 2.95. The molecule has 3 nitrogen and oxygen atoms in total. The lowest BCUT2D eigenvalue weighted by molar-refractivity contribution is 0.279. The summed E-state index contributed by atoms with van der Waals surface area (Å²) in [5.41, 5.74) is 0.905. The molecule has 2 N–H and O–H groups in total. The zero-order valence-corrected chi connectivity index (χ0v) is 12.0. The number of aromatic hydroxyl groups is 1. The summed E-state index contributed by atoms with van der Waals surface area (Å²) in [5.74, 6) is 1.58. The minimum atomic E-state index is 0.258. The molecular formula is C16H25NO2. The van der Waals surface area contributed by atoms with Crippen LogP contribution in [-0.4, -0.2) is 18.3 Å². The molecule has 0 aromatic heterocycles. The molecule has 0 amide bonds. The highest BCUT2D eigenvalue weighted by atomic mass is 16.5. The maximum absolute atomic E-state index is 10.0. The highest BCUT2D eigenvalue weighted by Crippen LogP contribution is 2.30. The lowest BCUT2D eigenvalue weighted by atomic mass is 9.84. The van der Waals surface area contributed by atoms with E-state index in [-0.39, 0.29) is 5.75 Å². The van der Waals surface area contributed by atoms with Crippen LogP contribution < -0.4 is 10.1 Å². The first-order valence-electron chi connectivity index (χ1n) is 7.30. The normalized spacial score (nSPS) is 18.2. The maximum atomic E-state index is 10.0. The van der Waals surface area contributed by atoms with Gasteiger partial charge in [0.15, 0.2) is 11.5 Å². The number of phenolic OH excluding ortho intramolecular Hbond substituents is 1. The largest absolute Gasteiger partial charge is 0.504 e. The summed E-state index contributed by atoms with van der Waals surface area (Å²) in [6.45, 7) is 2.95. The van der Waals surface area contributed by atoms with Crippen molar-refractivity contribution in [1.29, 1.82) is 0 Å². The molecule has 0 radical (unpaired) electrons. The minimum Gasteiger partial charge on any atom is -0.504 e. The first kappa shape index (κ1) is 14.2. The van der Waals surface area contributed by atoms with Crippen molar-refractivity contribution in [3.8, 4) is 11.5 Å². The second kappa shape index (κ2) is 6.80. The van der Waals surface area contributed by atoms with Gasteiger partial charge in [0.05, 0.1) is 7.11 Å². The topological polar surface area (TPSA) is 41.5 Å². The Kier molecular flexibility index (Phi) is 5.08. The molecule has 1 aliphatic rings. The third-order valence-corrected chi connectivity index (χ3v) is 4.27. The number of ether oxygens (including phenoxy) is 1. The average Bonchev–Trinajstić information content (AvgIpc) is 2.47. The van der Waals surface area contributed by atoms with Crippen LogP contribution in [0, 0.1) is 5.92 Å². The molecule has 0 heterocycles. The summed E-state index contributed by atoms with van der Waals surface area (Å²) in [4.78, 5) is 0. The van der Waals surface area contributed by atoms with Crippen molar-refractivity contribution >= 4 is 0 Å². The van der Waals surface area contributed by atoms with Gasteiger partial charge in [-0.2, -0.15) is 0 Å². The molecule has 1 aromatic carbocycles. The van der Waals surface area contributed by atoms with E-state index in [4.69, 9.17) is 4.74 Å². The molecule has 19 heavy (non-hydrogen) atoms. The minimum absolute atomic E-state index is 0.258. The van der Waals surface area contributed by atoms with Crippen molar-refractivity contribution < 1.29 is 9.84 Å². The van der Waals surface area contributed by atoms with Gasteiger partial charge < -0.3 is 15.2 Å². The molecule has 0 bridgehead atoms. The predicted octanol–water partition coefficient (Wildman–Crippen LogP) is 3.46. The second-order valence-corrected chi connectivity index (χ2v) is 5.54. The molecule has 0 unspecified atom stereocenters. The van der Waals surface area contributed by atoms with Crippen LogP contribution in [0.3, 0.4) is 0 Å². The van der Waals surface area contributed by atoms with E-state index in [0.717, 1.165) is 11.5 Å². The van der Waals surface area contributed by atoms with E-state index in [1.807, 2.05) is 12.1 Å². The van der Waals surface area contributed by atoms with Gasteiger partial charge in [-0.3, -0.25) is 0 Å². The lowest BCUT2D eigenvalue weighted by Gasteiger charge is -2.28. The summed E-state index contributed by atoms with van der Waals surface area (Å²) in [5, 5.41) is 13.6. The second-order valence-electron chi connectivity index (χ2n) is 5.54. The molecule has 0 saturated heterocycles. The molecule has 0 aliphatic heterocycles. The number of benzene rings is 1. The van der Waals surface area contributed by atoms with Crippen LogP contribution in [-0.2, 0) is 6.54 Å². The zero-order chi connectivity index (χ0) is 13.7. The summed E-state index contributed by atoms with van der Waals surface area (Å²) in [6.07, 6.45) is 6.78. The fraction of sp³-hybridized carbons (Fsp3) is 0.625. The van der Waals surface area contributed by atoms with Crippen molar-refractivity contribution in [3.63, 3.8) is 0 Å². The van der Waals surface area contributed by atoms with Crippen LogP contribution in [0.4, 0.5) is 0 Å². The van der Waals surface area contributed by atoms with E-state index < -0.39 is 0 Å². The van der Waals surface area contributed by atoms with Crippen molar-refractivity contribution in [2.75, 3.05) is 7.11 Å². The Balaban J connectivity index is 1.91. The fourth-order valence-electron chi connectivity index (χ4n) is 2.95. The first-order valence-corrected chi connectivity index (χ1v) is 7.30. The standard InChI is InChI=1S/C16H25NO2/c1-12(13-7-4-3-5-8-13)17-11-14-9-6-10-15(19-2)16(14)18/h6,9-10,12-13,17-18H,3-5,7-8,11H2,1-2H3/t12-/m1/s1. The van der Waals surface area contributed by atoms with Gasteiger partial charge in [-0.15, -0.1) is 0 Å². The van der Waals surface area contributed by atoms with Gasteiger partial charge in [0.25, 0.3) is 0 Å². The van der Waals surface area contributed by atoms with E-state index in [0.29, 0.717) is 18.3 Å². The van der Waals surface area contributed by atoms with E-state index in [9.17, 15) is 5.11 Å². The zero-order valence-electron chi connectivity index (χ0n) is 12.0. The molecule has 1 aromatic rings. The Morgan fingerprint density at radius 2 is 2.05 bits per heavy atom. The van der Waals surface area contributed by atoms with E-state index >= 15 is 0 Å². The van der Waals surface area contributed by atoms with Crippen LogP contribution >= 0.6 is 0 Å². The Morgan fingerprint density at radius 3 is 2.74 bits per heavy atom. The van der Waals surface area contributed by atoms with Crippen LogP contribution in [0.1, 0.15) is 44.6 Å². The number of rotatable bonds is 5. The van der Waals surface area contributed by atoms with Crippen LogP contribution in [0.5, 0.6) is 11.5 Å². The average molecular weight is 263 g/mol. The molecule has 0 spiro atoms. The third-order valence-electron chi connectivity index (χ3n) is 4.27. The number of methoxy groups -OCH3 is 1. The van der Waals surface area contributed by atoms with Gasteiger partial charge in [0.2, 0.25) is 0 Å². The summed E-state index contributed by atoms with van der Waals surface area (Å²) < 4.78 is 5.13. The van der Waals surface area contributed by atoms with E-state index in [1.165, 1.54) is 32.1 Å². The molecule has 1 atom stereocenters. The molecule has 106 valence electrons. The molecule has 3 heteroatoms. The van der Waals surface area contributed by atoms with Gasteiger partial charge in [0, 0.05) is 18.2 Å². The predicted molar refractivity (Wildman–Crippen MR) is 77.5 cm³/mol. The Bertz CT molecular complexity index is 400. The number of para-hydroxylation sites is 1. The van der Waals surface area contributed by atoms with Crippen molar-refractivity contribution in [1.82, 2.24) is 5.32 Å². The smallest absolute Gasteiger partial charge is 0.162 e. The Hall–Kier alpha value is -1.22. The van der Waals surface area contributed by atoms with Gasteiger partial charge in [-0.05, 0) is 31.7 Å². The first-order chi connectivity index (χ1) is 9.22. The summed E-state index contributed by atoms with van der Waals surface area (Å²) in [6, 6.07) is 6.15. The lowest BCUT2D eigenvalue weighted by Crippen LogP contribution is -2.34. The highest BCUT2D eigenvalue weighted by Gasteiger charge is 2.19. The van der Waals surface area contributed by atoms with E-state index in [2.05, 4.69) is 12.2 Å². The maximum Gasteiger partial charge on any atom is 0.162 e. The monoisotopic (exact) mass is 263 g/mol. The Morgan fingerprint density at radius 1 is 1.32 bits per heavy atom. The van der Waals surface area contributed by atoms with Crippen LogP contribution in [0.15, 0.2) is 18.2 Å². The summed E-state index contributed by atoms with van der Waals surface area (Å²) in [7, 11) is 1.58. The van der Waals surface area contributed by atoms with Crippen molar-refractivity contribution in [2.24, 2.45) is 5.92 Å². The quantitative estimate of drug-likeness (QED) is 0.855. The Labute approximate surface area is 116 Å². The molecule has 1 aliphatic carbocycles. The molecule has 1 fully saturated rings. The number of phenols is 1. The van der Waals surface area contributed by atoms with Gasteiger partial charge in [0.1, 0.15) is 0 Å².